The smallest absolute Gasteiger partial charge is 0.267 e. The highest BCUT2D eigenvalue weighted by molar-refractivity contribution is 7.87. The zero-order chi connectivity index (χ0) is 48.9. The number of hydrogen-bond acceptors (Lipinski definition) is 9. The Morgan fingerprint density at radius 3 is 0.717 bits per heavy atom. The van der Waals surface area contributed by atoms with Crippen LogP contribution in [0.25, 0.3) is 0 Å². The molecule has 0 aromatic carbocycles. The summed E-state index contributed by atoms with van der Waals surface area (Å²) in [5, 5.41) is 0. The largest absolute Gasteiger partial charge is 0.460 e. The fourth-order valence-electron chi connectivity index (χ4n) is 3.29. The Bertz CT molecular complexity index is 1710. The molecule has 60 heavy (non-hydrogen) atoms. The number of alkyl halides is 27. The van der Waals surface area contributed by atoms with E-state index in [1.807, 2.05) is 0 Å². The van der Waals surface area contributed by atoms with Crippen molar-refractivity contribution in [3.05, 3.63) is 0 Å². The van der Waals surface area contributed by atoms with E-state index in [0.717, 1.165) is 0 Å². The lowest BCUT2D eigenvalue weighted by Gasteiger charge is -2.33. The van der Waals surface area contributed by atoms with Gasteiger partial charge in [0.05, 0.1) is 30.5 Å². The Balaban J connectivity index is 6.56. The Kier molecular flexibility index (Phi) is 16.5. The van der Waals surface area contributed by atoms with Crippen molar-refractivity contribution in [3.63, 3.8) is 0 Å². The monoisotopic (exact) mass is 1020 g/mol. The van der Waals surface area contributed by atoms with E-state index in [1.165, 1.54) is 0 Å². The van der Waals surface area contributed by atoms with E-state index in [-0.39, 0.29) is 0 Å². The molecule has 0 saturated heterocycles. The highest BCUT2D eigenvalue weighted by Crippen LogP contribution is 2.56. The molecule has 362 valence electrons. The van der Waals surface area contributed by atoms with Crippen LogP contribution in [0.2, 0.25) is 0 Å². The van der Waals surface area contributed by atoms with E-state index >= 15 is 0 Å². The predicted octanol–water partition coefficient (Wildman–Crippen LogP) is 7.97. The van der Waals surface area contributed by atoms with Crippen LogP contribution in [-0.2, 0) is 42.9 Å². The van der Waals surface area contributed by atoms with Gasteiger partial charge >= 0.3 is 71.8 Å². The molecule has 0 fully saturated rings. The van der Waals surface area contributed by atoms with Gasteiger partial charge in [-0.25, -0.2) is 0 Å². The number of halogens is 27. The first-order chi connectivity index (χ1) is 25.7. The lowest BCUT2D eigenvalue weighted by atomic mass is 10.0. The quantitative estimate of drug-likeness (QED) is 0.0740. The third kappa shape index (κ3) is 12.3. The molecule has 0 rings (SSSR count). The molecule has 0 aliphatic heterocycles. The van der Waals surface area contributed by atoms with Gasteiger partial charge in [-0.15, -0.1) is 0 Å². The van der Waals surface area contributed by atoms with Crippen molar-refractivity contribution >= 4 is 30.4 Å². The summed E-state index contributed by atoms with van der Waals surface area (Å²) in [6.07, 6.45) is -36.0. The van der Waals surface area contributed by atoms with Crippen LogP contribution in [-0.4, -0.2) is 134 Å². The Morgan fingerprint density at radius 2 is 0.517 bits per heavy atom. The van der Waals surface area contributed by atoms with E-state index in [1.54, 1.807) is 0 Å². The van der Waals surface area contributed by atoms with Crippen LogP contribution in [0.1, 0.15) is 19.3 Å². The first-order valence-corrected chi connectivity index (χ1v) is 18.6. The molecule has 0 aliphatic carbocycles. The van der Waals surface area contributed by atoms with Gasteiger partial charge in [-0.05, 0) is 0 Å². The third-order valence-corrected chi connectivity index (χ3v) is 10.4. The van der Waals surface area contributed by atoms with E-state index in [2.05, 4.69) is 12.5 Å². The summed E-state index contributed by atoms with van der Waals surface area (Å²) in [4.78, 5) is 0. The highest BCUT2D eigenvalue weighted by Gasteiger charge is 2.83. The summed E-state index contributed by atoms with van der Waals surface area (Å²) in [6.45, 7) is -5.16. The standard InChI is InChI=1S/C21H17F27O9S3/c22-10(23,13(28,29)16(34,35)19(40,41)42)1-4-58(49,50)55-7-9(57-60(53,54)6-3-12(26,27)15(32,33)18(38,39)21(46,47)48)8-56-59(51,52)5-2-11(24,25)14(30,31)17(36,37)20(43,44)45/h9H,1-8H2. The van der Waals surface area contributed by atoms with E-state index in [0.29, 0.717) is 0 Å². The molecule has 0 heterocycles. The Hall–Kier alpha value is -2.16. The Labute approximate surface area is 314 Å². The van der Waals surface area contributed by atoms with Crippen molar-refractivity contribution in [2.45, 2.75) is 97.2 Å². The average molecular weight is 1020 g/mol. The minimum atomic E-state index is -7.67. The summed E-state index contributed by atoms with van der Waals surface area (Å²) in [5.74, 6) is -74.5. The first-order valence-electron chi connectivity index (χ1n) is 13.9. The average Bonchev–Trinajstić information content (AvgIpc) is 3.01. The van der Waals surface area contributed by atoms with E-state index in [4.69, 9.17) is 0 Å². The molecule has 0 N–H and O–H groups in total. The molecule has 0 saturated carbocycles. The SMILES string of the molecule is O=S(=O)(CCC(F)(F)C(F)(F)C(F)(F)C(F)(F)F)OCC(COS(=O)(=O)CCC(F)(F)C(F)(F)C(F)(F)C(F)(F)F)OS(=O)(=O)CCC(F)(F)C(F)(F)C(F)(F)C(F)(F)F. The maximum Gasteiger partial charge on any atom is 0.460 e. The minimum Gasteiger partial charge on any atom is -0.267 e. The molecule has 0 bridgehead atoms. The van der Waals surface area contributed by atoms with Gasteiger partial charge in [-0.3, -0.25) is 12.5 Å². The van der Waals surface area contributed by atoms with Crippen molar-refractivity contribution in [2.24, 2.45) is 0 Å². The Morgan fingerprint density at radius 1 is 0.317 bits per heavy atom. The van der Waals surface area contributed by atoms with Gasteiger partial charge in [0.2, 0.25) is 0 Å². The van der Waals surface area contributed by atoms with Gasteiger partial charge < -0.3 is 0 Å². The second kappa shape index (κ2) is 17.1. The second-order valence-electron chi connectivity index (χ2n) is 11.4. The summed E-state index contributed by atoms with van der Waals surface area (Å²) < 4.78 is 434. The molecule has 0 atom stereocenters. The molecular formula is C21H17F27O9S3. The van der Waals surface area contributed by atoms with E-state index in [9.17, 15) is 144 Å². The van der Waals surface area contributed by atoms with Crippen LogP contribution in [0.5, 0.6) is 0 Å². The van der Waals surface area contributed by atoms with Crippen molar-refractivity contribution < 1.29 is 156 Å². The summed E-state index contributed by atoms with van der Waals surface area (Å²) in [5.41, 5.74) is 0. The summed E-state index contributed by atoms with van der Waals surface area (Å²) in [7, 11) is -19.1. The third-order valence-electron chi connectivity index (χ3n) is 6.78. The van der Waals surface area contributed by atoms with Crippen molar-refractivity contribution in [1.29, 1.82) is 0 Å². The predicted molar refractivity (Wildman–Crippen MR) is 135 cm³/mol. The van der Waals surface area contributed by atoms with Gasteiger partial charge in [0, 0.05) is 19.3 Å². The van der Waals surface area contributed by atoms with Crippen LogP contribution in [0, 0.1) is 0 Å². The number of hydrogen-bond donors (Lipinski definition) is 0. The fourth-order valence-corrected chi connectivity index (χ4v) is 6.38. The minimum absolute atomic E-state index is 2.58. The highest BCUT2D eigenvalue weighted by atomic mass is 32.2. The van der Waals surface area contributed by atoms with Crippen LogP contribution >= 0.6 is 0 Å². The lowest BCUT2D eigenvalue weighted by Crippen LogP contribution is -2.61. The van der Waals surface area contributed by atoms with Crippen molar-refractivity contribution in [3.8, 4) is 0 Å². The molecule has 0 aliphatic rings. The second-order valence-corrected chi connectivity index (χ2v) is 16.6. The maximum atomic E-state index is 13.8. The van der Waals surface area contributed by atoms with E-state index < -0.39 is 158 Å². The van der Waals surface area contributed by atoms with Crippen molar-refractivity contribution in [1.82, 2.24) is 0 Å². The van der Waals surface area contributed by atoms with Gasteiger partial charge in [0.1, 0.15) is 6.10 Å². The zero-order valence-corrected chi connectivity index (χ0v) is 29.8. The van der Waals surface area contributed by atoms with Crippen molar-refractivity contribution in [2.75, 3.05) is 30.5 Å². The van der Waals surface area contributed by atoms with Crippen LogP contribution in [0.3, 0.4) is 0 Å². The van der Waals surface area contributed by atoms with Crippen LogP contribution in [0.4, 0.5) is 119 Å². The summed E-state index contributed by atoms with van der Waals surface area (Å²) in [6, 6.07) is 0. The molecule has 39 heteroatoms. The van der Waals surface area contributed by atoms with Gasteiger partial charge in [0.25, 0.3) is 30.4 Å². The van der Waals surface area contributed by atoms with Gasteiger partial charge in [0.15, 0.2) is 0 Å². The molecule has 0 amide bonds. The molecule has 9 nitrogen and oxygen atoms in total. The maximum absolute atomic E-state index is 13.8. The molecule has 0 spiro atoms. The topological polar surface area (TPSA) is 130 Å². The fraction of sp³-hybridized carbons (Fsp3) is 1.00. The molecule has 0 radical (unpaired) electrons. The van der Waals surface area contributed by atoms with Crippen LogP contribution in [0.15, 0.2) is 0 Å². The molecule has 0 aromatic rings. The zero-order valence-electron chi connectivity index (χ0n) is 27.3. The van der Waals surface area contributed by atoms with Gasteiger partial charge in [-0.1, -0.05) is 0 Å². The van der Waals surface area contributed by atoms with Gasteiger partial charge in [-0.2, -0.15) is 144 Å². The first kappa shape index (κ1) is 57.8. The summed E-state index contributed by atoms with van der Waals surface area (Å²) >= 11 is 0. The molecule has 0 aromatic heterocycles. The molecule has 0 unspecified atom stereocenters. The normalized spacial score (nSPS) is 16.2. The van der Waals surface area contributed by atoms with Crippen LogP contribution < -0.4 is 0 Å². The number of rotatable bonds is 23. The lowest BCUT2D eigenvalue weighted by molar-refractivity contribution is -0.396. The molecular weight excluding hydrogens is 1010 g/mol.